The molecule has 4 rings (SSSR count). The summed E-state index contributed by atoms with van der Waals surface area (Å²) >= 11 is 0. The van der Waals surface area contributed by atoms with Gasteiger partial charge in [0.2, 0.25) is 11.8 Å². The highest BCUT2D eigenvalue weighted by Crippen LogP contribution is 2.31. The molecule has 43 heavy (non-hydrogen) atoms. The minimum absolute atomic E-state index is 0.00944. The van der Waals surface area contributed by atoms with Crippen LogP contribution in [0.2, 0.25) is 0 Å². The molecule has 232 valence electrons. The number of carbonyl (C=O) groups excluding carboxylic acids is 4. The Bertz CT molecular complexity index is 1230. The lowest BCUT2D eigenvalue weighted by molar-refractivity contribution is -0.134. The Balaban J connectivity index is 1.49. The molecule has 2 N–H and O–H groups in total. The summed E-state index contributed by atoms with van der Waals surface area (Å²) in [5.74, 6) is 1.16. The van der Waals surface area contributed by atoms with Crippen molar-refractivity contribution in [3.8, 4) is 18.1 Å². The van der Waals surface area contributed by atoms with Gasteiger partial charge in [0.1, 0.15) is 11.4 Å². The fourth-order valence-corrected chi connectivity index (χ4v) is 5.56. The van der Waals surface area contributed by atoms with Crippen LogP contribution in [-0.4, -0.2) is 92.5 Å². The average Bonchev–Trinajstić information content (AvgIpc) is 3.54. The number of morpholine rings is 1. The molecule has 2 heterocycles. The number of methoxy groups -OCH3 is 1. The van der Waals surface area contributed by atoms with Gasteiger partial charge in [-0.25, -0.2) is 0 Å². The number of nitrogens with zero attached hydrogens (tertiary/aromatic N) is 1. The fourth-order valence-electron chi connectivity index (χ4n) is 5.56. The third kappa shape index (κ3) is 9.48. The molecule has 2 aliphatic heterocycles. The van der Waals surface area contributed by atoms with Gasteiger partial charge in [-0.3, -0.25) is 24.1 Å². The zero-order valence-electron chi connectivity index (χ0n) is 25.2. The highest BCUT2D eigenvalue weighted by atomic mass is 16.6. The molecule has 10 nitrogen and oxygen atoms in total. The lowest BCUT2D eigenvalue weighted by Gasteiger charge is -2.27. The molecule has 2 saturated heterocycles. The molecule has 1 aromatic carbocycles. The summed E-state index contributed by atoms with van der Waals surface area (Å²) < 4.78 is 16.0. The van der Waals surface area contributed by atoms with E-state index in [-0.39, 0.29) is 43.3 Å². The summed E-state index contributed by atoms with van der Waals surface area (Å²) in [5, 5.41) is 5.76. The quantitative estimate of drug-likeness (QED) is 0.169. The first-order chi connectivity index (χ1) is 20.7. The maximum Gasteiger partial charge on any atom is 0.234 e. The third-order valence-corrected chi connectivity index (χ3v) is 8.31. The minimum atomic E-state index is -0.926. The second-order valence-electron chi connectivity index (χ2n) is 11.7. The van der Waals surface area contributed by atoms with Gasteiger partial charge in [-0.2, -0.15) is 0 Å². The molecule has 0 bridgehead atoms. The van der Waals surface area contributed by atoms with Gasteiger partial charge in [0.15, 0.2) is 11.6 Å². The predicted molar refractivity (Wildman–Crippen MR) is 160 cm³/mol. The summed E-state index contributed by atoms with van der Waals surface area (Å²) in [7, 11) is 1.57. The van der Waals surface area contributed by atoms with Crippen molar-refractivity contribution in [3.05, 3.63) is 41.5 Å². The van der Waals surface area contributed by atoms with E-state index in [2.05, 4.69) is 22.6 Å². The number of allylic oxidation sites excluding steroid dienone is 1. The van der Waals surface area contributed by atoms with E-state index in [9.17, 15) is 19.2 Å². The van der Waals surface area contributed by atoms with Gasteiger partial charge in [0.25, 0.3) is 0 Å². The maximum absolute atomic E-state index is 13.9. The topological polar surface area (TPSA) is 127 Å². The standard InChI is InChI=1S/C33H43N3O7/c1-4-7-27(34-30(38)21-36-14-16-42-17-15-36)29(37)20-25(18-24-10-12-26(41-3)13-11-24)32(40)35-28(19-23-8-5-6-9-23)31(39)33(2)22-43-33/h1,8,10-13,25,27-28H,5-7,9,14-22H2,2-3H3,(H,34,38)(H,35,40)/t25-,27+,28+,33-/m1/s1. The Hall–Kier alpha value is -3.52. The van der Waals surface area contributed by atoms with Crippen LogP contribution < -0.4 is 15.4 Å². The van der Waals surface area contributed by atoms with E-state index >= 15 is 0 Å². The zero-order valence-corrected chi connectivity index (χ0v) is 25.2. The molecule has 0 radical (unpaired) electrons. The van der Waals surface area contributed by atoms with Crippen LogP contribution in [0.4, 0.5) is 0 Å². The number of rotatable bonds is 16. The second kappa shape index (κ2) is 15.3. The molecule has 1 aliphatic carbocycles. The molecular formula is C33H43N3O7. The van der Waals surface area contributed by atoms with Gasteiger partial charge >= 0.3 is 0 Å². The van der Waals surface area contributed by atoms with E-state index in [1.54, 1.807) is 26.2 Å². The molecule has 2 fully saturated rings. The number of ketones is 2. The molecule has 0 aromatic heterocycles. The van der Waals surface area contributed by atoms with Gasteiger partial charge in [-0.05, 0) is 56.7 Å². The van der Waals surface area contributed by atoms with Crippen molar-refractivity contribution in [3.63, 3.8) is 0 Å². The van der Waals surface area contributed by atoms with Crippen LogP contribution in [0.5, 0.6) is 5.75 Å². The number of epoxide rings is 1. The van der Waals surface area contributed by atoms with E-state index in [1.165, 1.54) is 0 Å². The largest absolute Gasteiger partial charge is 0.497 e. The Morgan fingerprint density at radius 2 is 1.81 bits per heavy atom. The van der Waals surface area contributed by atoms with Gasteiger partial charge in [-0.1, -0.05) is 23.8 Å². The number of nitrogens with one attached hydrogen (secondary N) is 2. The fraction of sp³-hybridized carbons (Fsp3) is 0.576. The lowest BCUT2D eigenvalue weighted by atomic mass is 9.89. The Morgan fingerprint density at radius 1 is 1.09 bits per heavy atom. The van der Waals surface area contributed by atoms with Crippen LogP contribution in [0.3, 0.4) is 0 Å². The van der Waals surface area contributed by atoms with Crippen molar-refractivity contribution >= 4 is 23.4 Å². The third-order valence-electron chi connectivity index (χ3n) is 8.31. The first kappa shape index (κ1) is 32.4. The number of terminal acetylenes is 1. The molecule has 1 aromatic rings. The van der Waals surface area contributed by atoms with E-state index in [0.717, 1.165) is 30.4 Å². The highest BCUT2D eigenvalue weighted by Gasteiger charge is 2.50. The van der Waals surface area contributed by atoms with Crippen molar-refractivity contribution < 1.29 is 33.4 Å². The SMILES string of the molecule is C#CC[C@H](NC(=O)CN1CCOCC1)C(=O)C[C@@H](Cc1ccc(OC)cc1)C(=O)N[C@@H](CC1=CCCC1)C(=O)[C@@]1(C)CO1. The van der Waals surface area contributed by atoms with Crippen LogP contribution in [0, 0.1) is 18.3 Å². The minimum Gasteiger partial charge on any atom is -0.497 e. The van der Waals surface area contributed by atoms with Gasteiger partial charge in [0, 0.05) is 31.8 Å². The number of benzene rings is 1. The molecule has 10 heteroatoms. The van der Waals surface area contributed by atoms with Crippen molar-refractivity contribution in [2.45, 2.75) is 69.6 Å². The van der Waals surface area contributed by atoms with Crippen molar-refractivity contribution in [2.24, 2.45) is 5.92 Å². The Kier molecular flexibility index (Phi) is 11.5. The summed E-state index contributed by atoms with van der Waals surface area (Å²) in [5.41, 5.74) is 1.07. The Labute approximate surface area is 253 Å². The maximum atomic E-state index is 13.9. The number of hydrogen-bond donors (Lipinski definition) is 2. The molecule has 2 amide bonds. The summed E-state index contributed by atoms with van der Waals surface area (Å²) in [6.45, 7) is 4.55. The van der Waals surface area contributed by atoms with Gasteiger partial charge in [0.05, 0.1) is 45.6 Å². The highest BCUT2D eigenvalue weighted by molar-refractivity contribution is 5.98. The van der Waals surface area contributed by atoms with E-state index in [1.807, 2.05) is 17.0 Å². The summed E-state index contributed by atoms with van der Waals surface area (Å²) in [4.78, 5) is 55.6. The number of hydrogen-bond acceptors (Lipinski definition) is 8. The van der Waals surface area contributed by atoms with E-state index in [4.69, 9.17) is 20.6 Å². The van der Waals surface area contributed by atoms with Crippen LogP contribution in [0.15, 0.2) is 35.9 Å². The molecule has 0 saturated carbocycles. The summed E-state index contributed by atoms with van der Waals surface area (Å²) in [6, 6.07) is 5.60. The first-order valence-corrected chi connectivity index (χ1v) is 15.1. The number of ether oxygens (including phenoxy) is 3. The summed E-state index contributed by atoms with van der Waals surface area (Å²) in [6.07, 6.45) is 11.1. The zero-order chi connectivity index (χ0) is 30.8. The van der Waals surface area contributed by atoms with Crippen molar-refractivity contribution in [1.29, 1.82) is 0 Å². The number of carbonyl (C=O) groups is 4. The number of Topliss-reactive ketones (excluding diaryl/α,β-unsaturated/α-hetero) is 2. The predicted octanol–water partition coefficient (Wildman–Crippen LogP) is 2.00. The van der Waals surface area contributed by atoms with Crippen molar-refractivity contribution in [1.82, 2.24) is 15.5 Å². The van der Waals surface area contributed by atoms with E-state index in [0.29, 0.717) is 45.1 Å². The Morgan fingerprint density at radius 3 is 2.42 bits per heavy atom. The van der Waals surface area contributed by atoms with Crippen LogP contribution in [0.1, 0.15) is 51.0 Å². The first-order valence-electron chi connectivity index (χ1n) is 15.1. The lowest BCUT2D eigenvalue weighted by Crippen LogP contribution is -2.50. The average molecular weight is 594 g/mol. The van der Waals surface area contributed by atoms with Crippen molar-refractivity contribution in [2.75, 3.05) is 46.6 Å². The molecular weight excluding hydrogens is 550 g/mol. The van der Waals surface area contributed by atoms with E-state index < -0.39 is 29.5 Å². The normalized spacial score (nSPS) is 21.9. The smallest absolute Gasteiger partial charge is 0.234 e. The molecule has 4 atom stereocenters. The van der Waals surface area contributed by atoms with Gasteiger partial charge in [-0.15, -0.1) is 12.3 Å². The van der Waals surface area contributed by atoms with Crippen LogP contribution in [-0.2, 0) is 35.1 Å². The van der Waals surface area contributed by atoms with Crippen LogP contribution >= 0.6 is 0 Å². The van der Waals surface area contributed by atoms with Crippen LogP contribution in [0.25, 0.3) is 0 Å². The van der Waals surface area contributed by atoms with Gasteiger partial charge < -0.3 is 24.8 Å². The molecule has 0 spiro atoms. The molecule has 3 aliphatic rings. The number of amides is 2. The molecule has 0 unspecified atom stereocenters. The second-order valence-corrected chi connectivity index (χ2v) is 11.7. The monoisotopic (exact) mass is 593 g/mol.